The Kier molecular flexibility index (Phi) is 4.91. The van der Waals surface area contributed by atoms with E-state index in [2.05, 4.69) is 9.97 Å². The Bertz CT molecular complexity index is 778. The van der Waals surface area contributed by atoms with Gasteiger partial charge in [0.2, 0.25) is 5.91 Å². The zero-order chi connectivity index (χ0) is 18.2. The van der Waals surface area contributed by atoms with Crippen molar-refractivity contribution in [3.8, 4) is 10.7 Å². The maximum atomic E-state index is 12.6. The van der Waals surface area contributed by atoms with Gasteiger partial charge in [-0.1, -0.05) is 20.8 Å². The molecule has 1 amide bonds. The summed E-state index contributed by atoms with van der Waals surface area (Å²) in [6.45, 7) is 11.5. The molecule has 0 N–H and O–H groups in total. The van der Waals surface area contributed by atoms with Gasteiger partial charge in [0, 0.05) is 41.2 Å². The third-order valence-electron chi connectivity index (χ3n) is 4.43. The number of rotatable bonds is 2. The number of thiazole rings is 1. The summed E-state index contributed by atoms with van der Waals surface area (Å²) in [5.74, 6) is 1.25. The normalized spacial score (nSPS) is 18.4. The Balaban J connectivity index is 1.86. The van der Waals surface area contributed by atoms with Gasteiger partial charge in [-0.25, -0.2) is 15.0 Å². The molecule has 1 atom stereocenters. The van der Waals surface area contributed by atoms with E-state index in [1.807, 2.05) is 51.8 Å². The Morgan fingerprint density at radius 1 is 1.28 bits per heavy atom. The highest BCUT2D eigenvalue weighted by molar-refractivity contribution is 7.14. The van der Waals surface area contributed by atoms with Crippen molar-refractivity contribution in [3.63, 3.8) is 0 Å². The van der Waals surface area contributed by atoms with Crippen LogP contribution < -0.4 is 0 Å². The minimum atomic E-state index is -0.348. The first-order valence-corrected chi connectivity index (χ1v) is 9.63. The van der Waals surface area contributed by atoms with Gasteiger partial charge >= 0.3 is 0 Å². The summed E-state index contributed by atoms with van der Waals surface area (Å²) in [7, 11) is 0. The molecule has 3 heterocycles. The molecule has 1 unspecified atom stereocenters. The van der Waals surface area contributed by atoms with Crippen LogP contribution in [0.15, 0.2) is 12.3 Å². The van der Waals surface area contributed by atoms with Gasteiger partial charge < -0.3 is 4.90 Å². The first-order chi connectivity index (χ1) is 11.7. The molecule has 0 aliphatic carbocycles. The summed E-state index contributed by atoms with van der Waals surface area (Å²) in [6.07, 6.45) is 3.89. The van der Waals surface area contributed by atoms with E-state index < -0.39 is 0 Å². The number of carbonyl (C=O) groups is 1. The quantitative estimate of drug-likeness (QED) is 0.815. The zero-order valence-electron chi connectivity index (χ0n) is 15.7. The summed E-state index contributed by atoms with van der Waals surface area (Å²) in [6, 6.07) is 1.99. The average molecular weight is 359 g/mol. The second kappa shape index (κ2) is 6.83. The highest BCUT2D eigenvalue weighted by Crippen LogP contribution is 2.30. The fourth-order valence-electron chi connectivity index (χ4n) is 3.20. The number of likely N-dealkylation sites (tertiary alicyclic amines) is 1. The predicted molar refractivity (Wildman–Crippen MR) is 101 cm³/mol. The summed E-state index contributed by atoms with van der Waals surface area (Å²) in [4.78, 5) is 29.7. The first-order valence-electron chi connectivity index (χ1n) is 8.82. The van der Waals surface area contributed by atoms with Gasteiger partial charge in [-0.2, -0.15) is 0 Å². The summed E-state index contributed by atoms with van der Waals surface area (Å²) >= 11 is 1.65. The van der Waals surface area contributed by atoms with Crippen LogP contribution in [-0.2, 0) is 4.79 Å². The van der Waals surface area contributed by atoms with E-state index in [9.17, 15) is 4.79 Å². The molecule has 5 nitrogen and oxygen atoms in total. The number of aryl methyl sites for hydroxylation is 2. The van der Waals surface area contributed by atoms with Crippen molar-refractivity contribution < 1.29 is 4.79 Å². The number of aromatic nitrogens is 3. The lowest BCUT2D eigenvalue weighted by Gasteiger charge is -2.36. The van der Waals surface area contributed by atoms with Crippen molar-refractivity contribution in [2.75, 3.05) is 13.1 Å². The molecule has 2 aromatic rings. The fourth-order valence-corrected chi connectivity index (χ4v) is 3.93. The number of carbonyl (C=O) groups excluding carboxylic acids is 1. The lowest BCUT2D eigenvalue weighted by atomic mass is 9.91. The molecule has 6 heteroatoms. The minimum Gasteiger partial charge on any atom is -0.342 e. The van der Waals surface area contributed by atoms with Crippen molar-refractivity contribution in [1.29, 1.82) is 0 Å². The van der Waals surface area contributed by atoms with E-state index in [4.69, 9.17) is 4.98 Å². The molecule has 1 saturated heterocycles. The highest BCUT2D eigenvalue weighted by Gasteiger charge is 2.32. The molecule has 0 aromatic carbocycles. The zero-order valence-corrected chi connectivity index (χ0v) is 16.5. The molecule has 0 radical (unpaired) electrons. The molecule has 25 heavy (non-hydrogen) atoms. The predicted octanol–water partition coefficient (Wildman–Crippen LogP) is 3.97. The number of hydrogen-bond donors (Lipinski definition) is 0. The average Bonchev–Trinajstić information content (AvgIpc) is 2.99. The summed E-state index contributed by atoms with van der Waals surface area (Å²) in [5, 5.41) is 0.933. The van der Waals surface area contributed by atoms with Crippen LogP contribution in [0.25, 0.3) is 10.7 Å². The number of piperidine rings is 1. The van der Waals surface area contributed by atoms with Crippen molar-refractivity contribution in [2.24, 2.45) is 5.41 Å². The van der Waals surface area contributed by atoms with Gasteiger partial charge in [-0.15, -0.1) is 11.3 Å². The smallest absolute Gasteiger partial charge is 0.227 e. The molecule has 3 rings (SSSR count). The van der Waals surface area contributed by atoms with Crippen LogP contribution in [0.2, 0.25) is 0 Å². The van der Waals surface area contributed by atoms with E-state index in [-0.39, 0.29) is 17.2 Å². The molecule has 0 bridgehead atoms. The second-order valence-electron chi connectivity index (χ2n) is 7.87. The molecule has 1 fully saturated rings. The van der Waals surface area contributed by atoms with E-state index in [1.54, 1.807) is 11.3 Å². The van der Waals surface area contributed by atoms with Gasteiger partial charge in [0.05, 0.1) is 0 Å². The second-order valence-corrected chi connectivity index (χ2v) is 9.10. The molecule has 1 aliphatic rings. The van der Waals surface area contributed by atoms with Crippen molar-refractivity contribution in [2.45, 2.75) is 53.4 Å². The lowest BCUT2D eigenvalue weighted by Crippen LogP contribution is -2.44. The van der Waals surface area contributed by atoms with Crippen LogP contribution in [0.3, 0.4) is 0 Å². The van der Waals surface area contributed by atoms with Crippen molar-refractivity contribution in [3.05, 3.63) is 28.7 Å². The summed E-state index contributed by atoms with van der Waals surface area (Å²) in [5.41, 5.74) is 1.49. The van der Waals surface area contributed by atoms with Crippen molar-refractivity contribution in [1.82, 2.24) is 19.9 Å². The minimum absolute atomic E-state index is 0.194. The molecule has 0 saturated carbocycles. The number of hydrogen-bond acceptors (Lipinski definition) is 5. The van der Waals surface area contributed by atoms with E-state index in [0.717, 1.165) is 41.6 Å². The van der Waals surface area contributed by atoms with Gasteiger partial charge in [0.1, 0.15) is 16.5 Å². The summed E-state index contributed by atoms with van der Waals surface area (Å²) < 4.78 is 0. The van der Waals surface area contributed by atoms with Crippen molar-refractivity contribution >= 4 is 17.2 Å². The lowest BCUT2D eigenvalue weighted by molar-refractivity contribution is -0.140. The Morgan fingerprint density at radius 2 is 2.04 bits per heavy atom. The van der Waals surface area contributed by atoms with Gasteiger partial charge in [0.25, 0.3) is 0 Å². The van der Waals surface area contributed by atoms with Gasteiger partial charge in [-0.05, 0) is 32.8 Å². The Morgan fingerprint density at radius 3 is 2.68 bits per heavy atom. The van der Waals surface area contributed by atoms with Crippen LogP contribution in [-0.4, -0.2) is 38.8 Å². The molecule has 1 aliphatic heterocycles. The SMILES string of the molecule is Cc1cc(-c2ncc(C)s2)nc(C2CCCN(C(=O)C(C)(C)C)C2)n1. The van der Waals surface area contributed by atoms with Crippen LogP contribution in [0, 0.1) is 19.3 Å². The third-order valence-corrected chi connectivity index (χ3v) is 5.36. The molecule has 134 valence electrons. The van der Waals surface area contributed by atoms with Crippen LogP contribution in [0.5, 0.6) is 0 Å². The van der Waals surface area contributed by atoms with E-state index in [0.29, 0.717) is 6.54 Å². The Labute approximate surface area is 153 Å². The van der Waals surface area contributed by atoms with E-state index in [1.165, 1.54) is 4.88 Å². The molecular weight excluding hydrogens is 332 g/mol. The monoisotopic (exact) mass is 358 g/mol. The first kappa shape index (κ1) is 18.0. The number of nitrogens with zero attached hydrogens (tertiary/aromatic N) is 4. The molecular formula is C19H26N4OS. The van der Waals surface area contributed by atoms with Crippen LogP contribution in [0.4, 0.5) is 0 Å². The van der Waals surface area contributed by atoms with E-state index >= 15 is 0 Å². The maximum Gasteiger partial charge on any atom is 0.227 e. The van der Waals surface area contributed by atoms with Gasteiger partial charge in [-0.3, -0.25) is 4.79 Å². The van der Waals surface area contributed by atoms with Gasteiger partial charge in [0.15, 0.2) is 0 Å². The Hall–Kier alpha value is -1.82. The third kappa shape index (κ3) is 4.06. The molecule has 2 aromatic heterocycles. The largest absolute Gasteiger partial charge is 0.342 e. The number of amides is 1. The van der Waals surface area contributed by atoms with Crippen LogP contribution in [0.1, 0.15) is 55.9 Å². The fraction of sp³-hybridized carbons (Fsp3) is 0.579. The van der Waals surface area contributed by atoms with Crippen LogP contribution >= 0.6 is 11.3 Å². The maximum absolute atomic E-state index is 12.6. The molecule has 0 spiro atoms. The topological polar surface area (TPSA) is 59.0 Å². The highest BCUT2D eigenvalue weighted by atomic mass is 32.1. The standard InChI is InChI=1S/C19H26N4OS/c1-12-9-15(17-20-10-13(2)25-17)22-16(21-12)14-7-6-8-23(11-14)18(24)19(3,4)5/h9-10,14H,6-8,11H2,1-5H3.